The molecule has 1 aliphatic rings. The first-order valence-electron chi connectivity index (χ1n) is 17.4. The summed E-state index contributed by atoms with van der Waals surface area (Å²) in [6, 6.07) is 55.0. The summed E-state index contributed by atoms with van der Waals surface area (Å²) in [6.45, 7) is 8.47. The van der Waals surface area contributed by atoms with Crippen LogP contribution in [0.1, 0.15) is 27.7 Å². The lowest BCUT2D eigenvalue weighted by Crippen LogP contribution is -2.41. The second-order valence-corrected chi connectivity index (χ2v) is 15.3. The van der Waals surface area contributed by atoms with Crippen LogP contribution in [0.3, 0.4) is 0 Å². The maximum Gasteiger partial charge on any atom is 0.496 e. The Hall–Kier alpha value is -5.00. The molecule has 2 heterocycles. The fourth-order valence-electron chi connectivity index (χ4n) is 7.53. The van der Waals surface area contributed by atoms with Crippen LogP contribution in [-0.2, 0) is 9.31 Å². The Labute approximate surface area is 298 Å². The molecule has 0 aliphatic carbocycles. The summed E-state index contributed by atoms with van der Waals surface area (Å²) >= 11 is 1.83. The molecule has 1 saturated heterocycles. The zero-order valence-corrected chi connectivity index (χ0v) is 29.6. The first-order valence-corrected chi connectivity index (χ1v) is 18.2. The normalized spacial score (nSPS) is 15.3. The number of fused-ring (bicyclic) bond motifs is 3. The number of rotatable bonds is 5. The van der Waals surface area contributed by atoms with Crippen molar-refractivity contribution in [3.63, 3.8) is 0 Å². The Bertz CT molecular complexity index is 2460. The van der Waals surface area contributed by atoms with E-state index in [-0.39, 0.29) is 0 Å². The summed E-state index contributed by atoms with van der Waals surface area (Å²) in [5.41, 5.74) is 8.92. The van der Waals surface area contributed by atoms with Gasteiger partial charge in [0, 0.05) is 26.0 Å². The van der Waals surface area contributed by atoms with Gasteiger partial charge in [0.15, 0.2) is 0 Å². The van der Waals surface area contributed by atoms with Gasteiger partial charge in [-0.2, -0.15) is 0 Å². The van der Waals surface area contributed by atoms with E-state index in [4.69, 9.17) is 9.31 Å². The van der Waals surface area contributed by atoms with E-state index >= 15 is 0 Å². The third kappa shape index (κ3) is 4.93. The summed E-state index contributed by atoms with van der Waals surface area (Å²) in [5.74, 6) is 0. The third-order valence-corrected chi connectivity index (χ3v) is 12.0. The molecule has 0 saturated carbocycles. The summed E-state index contributed by atoms with van der Waals surface area (Å²) < 4.78 is 14.4. The maximum absolute atomic E-state index is 6.57. The second kappa shape index (κ2) is 11.8. The molecule has 2 nitrogen and oxygen atoms in total. The minimum Gasteiger partial charge on any atom is -0.399 e. The van der Waals surface area contributed by atoms with Crippen LogP contribution in [0.25, 0.3) is 75.5 Å². The van der Waals surface area contributed by atoms with E-state index in [9.17, 15) is 0 Å². The molecule has 4 heteroatoms. The Morgan fingerprint density at radius 1 is 0.400 bits per heavy atom. The van der Waals surface area contributed by atoms with Gasteiger partial charge in [-0.15, -0.1) is 11.3 Å². The van der Waals surface area contributed by atoms with Crippen LogP contribution < -0.4 is 5.46 Å². The molecule has 0 N–H and O–H groups in total. The molecule has 0 amide bonds. The van der Waals surface area contributed by atoms with Crippen LogP contribution >= 0.6 is 11.3 Å². The zero-order valence-electron chi connectivity index (χ0n) is 28.7. The van der Waals surface area contributed by atoms with Gasteiger partial charge >= 0.3 is 7.12 Å². The smallest absolute Gasteiger partial charge is 0.399 e. The highest BCUT2D eigenvalue weighted by atomic mass is 32.1. The minimum absolute atomic E-state index is 0.411. The Kier molecular flexibility index (Phi) is 7.33. The molecule has 7 aromatic carbocycles. The van der Waals surface area contributed by atoms with Gasteiger partial charge in [-0.05, 0) is 82.6 Å². The molecule has 1 fully saturated rings. The van der Waals surface area contributed by atoms with E-state index in [1.165, 1.54) is 75.5 Å². The van der Waals surface area contributed by atoms with Gasteiger partial charge in [-0.3, -0.25) is 0 Å². The highest BCUT2D eigenvalue weighted by Gasteiger charge is 2.52. The van der Waals surface area contributed by atoms with Crippen molar-refractivity contribution in [1.82, 2.24) is 0 Å². The van der Waals surface area contributed by atoms with E-state index in [2.05, 4.69) is 179 Å². The van der Waals surface area contributed by atoms with Gasteiger partial charge in [0.1, 0.15) is 0 Å². The van der Waals surface area contributed by atoms with E-state index < -0.39 is 18.3 Å². The minimum atomic E-state index is -0.429. The Morgan fingerprint density at radius 3 is 1.30 bits per heavy atom. The fraction of sp³-hybridized carbons (Fsp3) is 0.130. The predicted molar refractivity (Wildman–Crippen MR) is 214 cm³/mol. The van der Waals surface area contributed by atoms with Gasteiger partial charge in [0.05, 0.1) is 11.2 Å². The number of hydrogen-bond donors (Lipinski definition) is 0. The van der Waals surface area contributed by atoms with Crippen molar-refractivity contribution in [3.05, 3.63) is 152 Å². The van der Waals surface area contributed by atoms with Crippen LogP contribution in [0.5, 0.6) is 0 Å². The lowest BCUT2D eigenvalue weighted by atomic mass is 9.78. The highest BCUT2D eigenvalue weighted by molar-refractivity contribution is 7.24. The number of thiophene rings is 1. The molecule has 0 unspecified atom stereocenters. The molecule has 1 aliphatic heterocycles. The number of hydrogen-bond acceptors (Lipinski definition) is 3. The lowest BCUT2D eigenvalue weighted by Gasteiger charge is -2.32. The van der Waals surface area contributed by atoms with Crippen molar-refractivity contribution in [2.75, 3.05) is 0 Å². The molecular formula is C46H37BO2S. The van der Waals surface area contributed by atoms with Crippen LogP contribution in [0.15, 0.2) is 152 Å². The molecule has 0 bridgehead atoms. The summed E-state index contributed by atoms with van der Waals surface area (Å²) in [6.07, 6.45) is 0. The highest BCUT2D eigenvalue weighted by Crippen LogP contribution is 2.47. The summed E-state index contributed by atoms with van der Waals surface area (Å²) in [5, 5.41) is 6.28. The quantitative estimate of drug-likeness (QED) is 0.135. The molecule has 0 spiro atoms. The van der Waals surface area contributed by atoms with Gasteiger partial charge in [-0.25, -0.2) is 0 Å². The Balaban J connectivity index is 1.22. The third-order valence-electron chi connectivity index (χ3n) is 10.7. The average Bonchev–Trinajstić information content (AvgIpc) is 3.64. The summed E-state index contributed by atoms with van der Waals surface area (Å²) in [7, 11) is -0.429. The maximum atomic E-state index is 6.57. The van der Waals surface area contributed by atoms with Gasteiger partial charge in [0.2, 0.25) is 0 Å². The van der Waals surface area contributed by atoms with Crippen LogP contribution in [0, 0.1) is 0 Å². The summed E-state index contributed by atoms with van der Waals surface area (Å²) in [4.78, 5) is 1.25. The zero-order chi connectivity index (χ0) is 34.0. The van der Waals surface area contributed by atoms with E-state index in [1.807, 2.05) is 11.3 Å². The molecule has 0 radical (unpaired) electrons. The second-order valence-electron chi connectivity index (χ2n) is 14.3. The molecule has 0 atom stereocenters. The van der Waals surface area contributed by atoms with Crippen LogP contribution in [0.4, 0.5) is 0 Å². The largest absolute Gasteiger partial charge is 0.496 e. The van der Waals surface area contributed by atoms with Crippen LogP contribution in [-0.4, -0.2) is 18.3 Å². The average molecular weight is 665 g/mol. The molecular weight excluding hydrogens is 627 g/mol. The molecule has 50 heavy (non-hydrogen) atoms. The SMILES string of the molecule is CC1(C)OB(c2cccc3c(-c4ccccc4)c(-c4ccc(-c5c6ccccc6c(-c6ccccc6)c6ccccc56)cc4)sc23)OC1(C)C. The predicted octanol–water partition coefficient (Wildman–Crippen LogP) is 12.2. The van der Waals surface area contributed by atoms with Crippen LogP contribution in [0.2, 0.25) is 0 Å². The van der Waals surface area contributed by atoms with E-state index in [1.54, 1.807) is 0 Å². The van der Waals surface area contributed by atoms with Gasteiger partial charge in [-0.1, -0.05) is 152 Å². The van der Waals surface area contributed by atoms with Crippen molar-refractivity contribution in [3.8, 4) is 43.8 Å². The first kappa shape index (κ1) is 31.0. The van der Waals surface area contributed by atoms with Gasteiger partial charge in [0.25, 0.3) is 0 Å². The fourth-order valence-corrected chi connectivity index (χ4v) is 8.88. The van der Waals surface area contributed by atoms with Crippen molar-refractivity contribution in [1.29, 1.82) is 0 Å². The van der Waals surface area contributed by atoms with Crippen molar-refractivity contribution >= 4 is 55.5 Å². The Morgan fingerprint density at radius 2 is 0.800 bits per heavy atom. The monoisotopic (exact) mass is 664 g/mol. The first-order chi connectivity index (χ1) is 24.3. The van der Waals surface area contributed by atoms with Crippen molar-refractivity contribution in [2.45, 2.75) is 38.9 Å². The van der Waals surface area contributed by atoms with E-state index in [0.29, 0.717) is 0 Å². The molecule has 9 rings (SSSR count). The number of benzene rings is 7. The molecule has 1 aromatic heterocycles. The topological polar surface area (TPSA) is 18.5 Å². The van der Waals surface area contributed by atoms with Crippen molar-refractivity contribution in [2.24, 2.45) is 0 Å². The molecule has 8 aromatic rings. The van der Waals surface area contributed by atoms with E-state index in [0.717, 1.165) is 5.46 Å². The molecule has 242 valence electrons. The van der Waals surface area contributed by atoms with Crippen molar-refractivity contribution < 1.29 is 9.31 Å². The van der Waals surface area contributed by atoms with Gasteiger partial charge < -0.3 is 9.31 Å². The standard InChI is InChI=1S/C46H37BO2S/c1-45(2)46(3,4)49-47(48-45)39-25-15-24-38-42(31-18-9-6-10-19-31)43(50-44(38)39)33-28-26-32(27-29-33)41-36-22-13-11-20-34(36)40(30-16-7-5-8-17-30)35-21-12-14-23-37(35)41/h5-29H,1-4H3. The lowest BCUT2D eigenvalue weighted by molar-refractivity contribution is 0.00578.